The fourth-order valence-electron chi connectivity index (χ4n) is 3.06. The zero-order valence-corrected chi connectivity index (χ0v) is 15.5. The van der Waals surface area contributed by atoms with Crippen LogP contribution in [-0.4, -0.2) is 49.7 Å². The summed E-state index contributed by atoms with van der Waals surface area (Å²) in [4.78, 5) is 26.3. The van der Waals surface area contributed by atoms with Crippen LogP contribution < -0.4 is 9.47 Å². The number of methoxy groups -OCH3 is 1. The van der Waals surface area contributed by atoms with Crippen molar-refractivity contribution in [1.82, 2.24) is 4.90 Å². The Morgan fingerprint density at radius 2 is 2.12 bits per heavy atom. The maximum absolute atomic E-state index is 12.6. The van der Waals surface area contributed by atoms with Gasteiger partial charge in [0.15, 0.2) is 18.1 Å². The number of likely N-dealkylation sites (tertiary alicyclic amines) is 1. The molecule has 1 aliphatic rings. The lowest BCUT2D eigenvalue weighted by molar-refractivity contribution is -0.157. The molecule has 0 radical (unpaired) electrons. The topological polar surface area (TPSA) is 65.1 Å². The monoisotopic (exact) mass is 361 g/mol. The minimum Gasteiger partial charge on any atom is -0.493 e. The zero-order valence-electron chi connectivity index (χ0n) is 15.5. The Bertz CT molecular complexity index is 643. The summed E-state index contributed by atoms with van der Waals surface area (Å²) in [5, 5.41) is 0. The summed E-state index contributed by atoms with van der Waals surface area (Å²) in [5.74, 6) is 0.503. The minimum atomic E-state index is -0.517. The highest BCUT2D eigenvalue weighted by Crippen LogP contribution is 2.28. The summed E-state index contributed by atoms with van der Waals surface area (Å²) in [6, 6.07) is 5.04. The Kier molecular flexibility index (Phi) is 7.51. The van der Waals surface area contributed by atoms with Crippen LogP contribution in [0, 0.1) is 0 Å². The van der Waals surface area contributed by atoms with E-state index >= 15 is 0 Å². The number of carbonyl (C=O) groups excluding carboxylic acids is 2. The van der Waals surface area contributed by atoms with E-state index in [2.05, 4.69) is 6.58 Å². The minimum absolute atomic E-state index is 0.146. The van der Waals surface area contributed by atoms with E-state index < -0.39 is 6.04 Å². The molecule has 1 saturated heterocycles. The van der Waals surface area contributed by atoms with Crippen molar-refractivity contribution in [3.63, 3.8) is 0 Å². The van der Waals surface area contributed by atoms with Crippen molar-refractivity contribution < 1.29 is 23.8 Å². The fraction of sp³-hybridized carbons (Fsp3) is 0.500. The van der Waals surface area contributed by atoms with Gasteiger partial charge in [-0.25, -0.2) is 4.79 Å². The van der Waals surface area contributed by atoms with Gasteiger partial charge in [-0.1, -0.05) is 12.1 Å². The Labute approximate surface area is 154 Å². The van der Waals surface area contributed by atoms with E-state index in [1.165, 1.54) is 0 Å². The molecule has 0 aromatic heterocycles. The molecule has 1 aromatic carbocycles. The number of nitrogens with zero attached hydrogens (tertiary/aromatic N) is 1. The largest absolute Gasteiger partial charge is 0.493 e. The maximum Gasteiger partial charge on any atom is 0.328 e. The van der Waals surface area contributed by atoms with Gasteiger partial charge in [0, 0.05) is 6.54 Å². The Hall–Kier alpha value is -2.50. The summed E-state index contributed by atoms with van der Waals surface area (Å²) in [6.07, 6.45) is 4.95. The molecule has 6 heteroatoms. The predicted molar refractivity (Wildman–Crippen MR) is 98.4 cm³/mol. The third-order valence-corrected chi connectivity index (χ3v) is 4.34. The molecule has 1 aromatic rings. The lowest BCUT2D eigenvalue weighted by Gasteiger charge is -2.33. The van der Waals surface area contributed by atoms with E-state index in [-0.39, 0.29) is 18.5 Å². The van der Waals surface area contributed by atoms with Crippen molar-refractivity contribution in [1.29, 1.82) is 0 Å². The molecule has 0 spiro atoms. The van der Waals surface area contributed by atoms with Crippen molar-refractivity contribution in [2.24, 2.45) is 0 Å². The highest BCUT2D eigenvalue weighted by Gasteiger charge is 2.33. The van der Waals surface area contributed by atoms with E-state index in [0.29, 0.717) is 31.1 Å². The van der Waals surface area contributed by atoms with Crippen molar-refractivity contribution in [2.75, 3.05) is 26.9 Å². The molecule has 142 valence electrons. The molecule has 6 nitrogen and oxygen atoms in total. The average molecular weight is 361 g/mol. The summed E-state index contributed by atoms with van der Waals surface area (Å²) in [6.45, 7) is 6.19. The number of ether oxygens (including phenoxy) is 3. The molecule has 26 heavy (non-hydrogen) atoms. The number of piperidine rings is 1. The molecule has 1 unspecified atom stereocenters. The van der Waals surface area contributed by atoms with Crippen molar-refractivity contribution in [2.45, 2.75) is 38.6 Å². The molecule has 0 aliphatic carbocycles. The molecule has 1 aliphatic heterocycles. The smallest absolute Gasteiger partial charge is 0.328 e. The van der Waals surface area contributed by atoms with Crippen molar-refractivity contribution in [3.8, 4) is 11.5 Å². The second-order valence-corrected chi connectivity index (χ2v) is 6.12. The maximum atomic E-state index is 12.6. The van der Waals surface area contributed by atoms with Crippen LogP contribution >= 0.6 is 0 Å². The molecule has 0 N–H and O–H groups in total. The number of allylic oxidation sites excluding steroid dienone is 1. The standard InChI is InChI=1S/C20H27NO5/c1-4-8-15-10-11-17(18(13-15)24-3)26-14-19(22)21-12-7-6-9-16(21)20(23)25-5-2/h4,10-11,13,16H,1,5-9,12,14H2,2-3H3. The van der Waals surface area contributed by atoms with Gasteiger partial charge in [0.05, 0.1) is 13.7 Å². The van der Waals surface area contributed by atoms with E-state index in [0.717, 1.165) is 24.8 Å². The van der Waals surface area contributed by atoms with Crippen LogP contribution in [0.3, 0.4) is 0 Å². The third kappa shape index (κ3) is 5.00. The highest BCUT2D eigenvalue weighted by molar-refractivity contribution is 5.85. The molecule has 0 bridgehead atoms. The molecule has 1 fully saturated rings. The molecule has 2 rings (SSSR count). The number of esters is 1. The Morgan fingerprint density at radius 3 is 2.81 bits per heavy atom. The summed E-state index contributed by atoms with van der Waals surface area (Å²) in [7, 11) is 1.56. The number of hydrogen-bond acceptors (Lipinski definition) is 5. The predicted octanol–water partition coefficient (Wildman–Crippen LogP) is 2.75. The number of benzene rings is 1. The molecule has 1 atom stereocenters. The molecule has 1 amide bonds. The lowest BCUT2D eigenvalue weighted by atomic mass is 10.0. The second-order valence-electron chi connectivity index (χ2n) is 6.12. The van der Waals surface area contributed by atoms with Crippen LogP contribution in [0.15, 0.2) is 30.9 Å². The van der Waals surface area contributed by atoms with Gasteiger partial charge in [-0.3, -0.25) is 4.79 Å². The van der Waals surface area contributed by atoms with Crippen molar-refractivity contribution >= 4 is 11.9 Å². The van der Waals surface area contributed by atoms with Gasteiger partial charge in [0.2, 0.25) is 0 Å². The number of hydrogen-bond donors (Lipinski definition) is 0. The van der Waals surface area contributed by atoms with Gasteiger partial charge < -0.3 is 19.1 Å². The van der Waals surface area contributed by atoms with E-state index in [1.807, 2.05) is 18.2 Å². The molecular formula is C20H27NO5. The summed E-state index contributed by atoms with van der Waals surface area (Å²) >= 11 is 0. The lowest BCUT2D eigenvalue weighted by Crippen LogP contribution is -2.50. The molecule has 1 heterocycles. The fourth-order valence-corrected chi connectivity index (χ4v) is 3.06. The van der Waals surface area contributed by atoms with E-state index in [4.69, 9.17) is 14.2 Å². The van der Waals surface area contributed by atoms with Crippen LogP contribution in [-0.2, 0) is 20.7 Å². The van der Waals surface area contributed by atoms with Crippen LogP contribution in [0.5, 0.6) is 11.5 Å². The van der Waals surface area contributed by atoms with Gasteiger partial charge in [0.25, 0.3) is 5.91 Å². The van der Waals surface area contributed by atoms with Crippen molar-refractivity contribution in [3.05, 3.63) is 36.4 Å². The first-order valence-electron chi connectivity index (χ1n) is 8.97. The van der Waals surface area contributed by atoms with Crippen LogP contribution in [0.1, 0.15) is 31.7 Å². The summed E-state index contributed by atoms with van der Waals surface area (Å²) in [5.41, 5.74) is 1.05. The SMILES string of the molecule is C=CCc1ccc(OCC(=O)N2CCCCC2C(=O)OCC)c(OC)c1. The van der Waals surface area contributed by atoms with Gasteiger partial charge in [-0.05, 0) is 50.3 Å². The molecule has 0 saturated carbocycles. The van der Waals surface area contributed by atoms with E-state index in [1.54, 1.807) is 25.0 Å². The number of rotatable bonds is 8. The van der Waals surface area contributed by atoms with Crippen LogP contribution in [0.25, 0.3) is 0 Å². The molecular weight excluding hydrogens is 334 g/mol. The normalized spacial score (nSPS) is 16.7. The first-order valence-corrected chi connectivity index (χ1v) is 8.97. The first kappa shape index (κ1) is 19.8. The quantitative estimate of drug-likeness (QED) is 0.526. The second kappa shape index (κ2) is 9.85. The van der Waals surface area contributed by atoms with Crippen LogP contribution in [0.2, 0.25) is 0 Å². The van der Waals surface area contributed by atoms with Crippen LogP contribution in [0.4, 0.5) is 0 Å². The first-order chi connectivity index (χ1) is 12.6. The van der Waals surface area contributed by atoms with E-state index in [9.17, 15) is 9.59 Å². The highest BCUT2D eigenvalue weighted by atomic mass is 16.5. The Balaban J connectivity index is 2.02. The van der Waals surface area contributed by atoms with Gasteiger partial charge in [-0.15, -0.1) is 6.58 Å². The summed E-state index contributed by atoms with van der Waals surface area (Å²) < 4.78 is 16.1. The van der Waals surface area contributed by atoms with Gasteiger partial charge in [-0.2, -0.15) is 0 Å². The number of carbonyl (C=O) groups is 2. The zero-order chi connectivity index (χ0) is 18.9. The number of amides is 1. The average Bonchev–Trinajstić information content (AvgIpc) is 2.67. The van der Waals surface area contributed by atoms with Gasteiger partial charge >= 0.3 is 5.97 Å². The Morgan fingerprint density at radius 1 is 1.31 bits per heavy atom. The van der Waals surface area contributed by atoms with Gasteiger partial charge in [0.1, 0.15) is 6.04 Å². The third-order valence-electron chi connectivity index (χ3n) is 4.34.